The Bertz CT molecular complexity index is 439. The number of aliphatic hydroxyl groups is 1. The Kier molecular flexibility index (Phi) is 3.53. The normalized spacial score (nSPS) is 49.6. The van der Waals surface area contributed by atoms with Crippen molar-refractivity contribution in [3.05, 3.63) is 12.2 Å². The molecular formula is C15H22BrClO2. The predicted molar refractivity (Wildman–Crippen MR) is 81.8 cm³/mol. The topological polar surface area (TPSA) is 37.3 Å². The van der Waals surface area contributed by atoms with Crippen molar-refractivity contribution in [3.8, 4) is 0 Å². The van der Waals surface area contributed by atoms with Crippen molar-refractivity contribution in [1.82, 2.24) is 0 Å². The van der Waals surface area contributed by atoms with Gasteiger partial charge in [0.05, 0.1) is 10.5 Å². The lowest BCUT2D eigenvalue weighted by Gasteiger charge is -2.59. The SMILES string of the molecule is CC1(C)C(=O)C=C[C@@](C)(O)[C@@]12CC[C@](C)(Cl)[C@@H](Br)C2. The average molecular weight is 350 g/mol. The van der Waals surface area contributed by atoms with Crippen molar-refractivity contribution in [2.75, 3.05) is 0 Å². The number of rotatable bonds is 0. The average Bonchev–Trinajstić information content (AvgIpc) is 2.27. The van der Waals surface area contributed by atoms with E-state index < -0.39 is 16.4 Å². The van der Waals surface area contributed by atoms with E-state index in [1.165, 1.54) is 6.08 Å². The van der Waals surface area contributed by atoms with Crippen LogP contribution in [0.1, 0.15) is 47.0 Å². The molecule has 1 spiro atoms. The van der Waals surface area contributed by atoms with Crippen LogP contribution in [0.2, 0.25) is 0 Å². The monoisotopic (exact) mass is 348 g/mol. The van der Waals surface area contributed by atoms with E-state index in [1.54, 1.807) is 6.08 Å². The van der Waals surface area contributed by atoms with Crippen molar-refractivity contribution < 1.29 is 9.90 Å². The van der Waals surface area contributed by atoms with E-state index >= 15 is 0 Å². The maximum Gasteiger partial charge on any atom is 0.161 e. The zero-order valence-electron chi connectivity index (χ0n) is 12.0. The first-order chi connectivity index (χ1) is 8.46. The quantitative estimate of drug-likeness (QED) is 0.675. The van der Waals surface area contributed by atoms with Crippen molar-refractivity contribution >= 4 is 33.3 Å². The summed E-state index contributed by atoms with van der Waals surface area (Å²) in [6.07, 6.45) is 5.43. The Morgan fingerprint density at radius 3 is 2.42 bits per heavy atom. The molecule has 0 aromatic carbocycles. The van der Waals surface area contributed by atoms with Gasteiger partial charge in [-0.05, 0) is 45.3 Å². The number of carbonyl (C=O) groups excluding carboxylic acids is 1. The fourth-order valence-corrected chi connectivity index (χ4v) is 4.69. The van der Waals surface area contributed by atoms with Gasteiger partial charge < -0.3 is 5.11 Å². The smallest absolute Gasteiger partial charge is 0.161 e. The molecule has 0 aromatic heterocycles. The predicted octanol–water partition coefficient (Wildman–Crippen LogP) is 3.83. The highest BCUT2D eigenvalue weighted by Crippen LogP contribution is 2.62. The zero-order chi connectivity index (χ0) is 14.7. The van der Waals surface area contributed by atoms with Crippen LogP contribution in [0.5, 0.6) is 0 Å². The number of hydrogen-bond donors (Lipinski definition) is 1. The van der Waals surface area contributed by atoms with E-state index in [2.05, 4.69) is 15.9 Å². The lowest BCUT2D eigenvalue weighted by Crippen LogP contribution is -2.63. The minimum Gasteiger partial charge on any atom is -0.385 e. The van der Waals surface area contributed by atoms with E-state index in [0.717, 1.165) is 12.8 Å². The van der Waals surface area contributed by atoms with Crippen LogP contribution in [0.25, 0.3) is 0 Å². The third-order valence-electron chi connectivity index (χ3n) is 5.56. The molecule has 2 aliphatic carbocycles. The second-order valence-electron chi connectivity index (χ2n) is 7.00. The number of alkyl halides is 2. The molecule has 4 heteroatoms. The molecule has 0 heterocycles. The molecule has 108 valence electrons. The number of allylic oxidation sites excluding steroid dienone is 1. The van der Waals surface area contributed by atoms with Crippen molar-refractivity contribution in [2.24, 2.45) is 10.8 Å². The van der Waals surface area contributed by atoms with Gasteiger partial charge in [-0.25, -0.2) is 0 Å². The molecule has 1 fully saturated rings. The van der Waals surface area contributed by atoms with Gasteiger partial charge >= 0.3 is 0 Å². The Morgan fingerprint density at radius 2 is 1.89 bits per heavy atom. The Balaban J connectivity index is 2.51. The third kappa shape index (κ3) is 2.04. The van der Waals surface area contributed by atoms with E-state index in [4.69, 9.17) is 11.6 Å². The molecule has 0 saturated heterocycles. The molecule has 2 rings (SSSR count). The second-order valence-corrected chi connectivity index (χ2v) is 8.97. The number of hydrogen-bond acceptors (Lipinski definition) is 2. The third-order valence-corrected chi connectivity index (χ3v) is 7.61. The van der Waals surface area contributed by atoms with Crippen LogP contribution < -0.4 is 0 Å². The molecule has 2 aliphatic rings. The lowest BCUT2D eigenvalue weighted by molar-refractivity contribution is -0.159. The molecule has 0 aliphatic heterocycles. The second kappa shape index (κ2) is 4.32. The van der Waals surface area contributed by atoms with Crippen LogP contribution in [0.3, 0.4) is 0 Å². The molecular weight excluding hydrogens is 328 g/mol. The van der Waals surface area contributed by atoms with Crippen molar-refractivity contribution in [2.45, 2.75) is 62.3 Å². The Labute approximate surface area is 128 Å². The summed E-state index contributed by atoms with van der Waals surface area (Å²) in [5, 5.41) is 10.9. The summed E-state index contributed by atoms with van der Waals surface area (Å²) >= 11 is 10.2. The fourth-order valence-electron chi connectivity index (χ4n) is 3.74. The highest BCUT2D eigenvalue weighted by atomic mass is 79.9. The van der Waals surface area contributed by atoms with Gasteiger partial charge in [0, 0.05) is 15.7 Å². The maximum absolute atomic E-state index is 12.3. The van der Waals surface area contributed by atoms with Crippen LogP contribution in [-0.2, 0) is 4.79 Å². The molecule has 2 nitrogen and oxygen atoms in total. The van der Waals surface area contributed by atoms with E-state index in [0.29, 0.717) is 6.42 Å². The molecule has 4 atom stereocenters. The zero-order valence-corrected chi connectivity index (χ0v) is 14.3. The van der Waals surface area contributed by atoms with Crippen LogP contribution in [0, 0.1) is 10.8 Å². The van der Waals surface area contributed by atoms with Gasteiger partial charge in [-0.3, -0.25) is 4.79 Å². The standard InChI is InChI=1S/C15H22BrClO2/c1-12(2)11(18)5-6-14(4,19)15(12)8-7-13(3,17)10(16)9-15/h5-6,10,19H,7-9H2,1-4H3/t10-,13-,14+,15+/m0/s1. The van der Waals surface area contributed by atoms with Gasteiger partial charge in [0.15, 0.2) is 5.78 Å². The van der Waals surface area contributed by atoms with Crippen LogP contribution in [0.15, 0.2) is 12.2 Å². The molecule has 1 N–H and O–H groups in total. The van der Waals surface area contributed by atoms with Crippen LogP contribution >= 0.6 is 27.5 Å². The molecule has 0 amide bonds. The summed E-state index contributed by atoms with van der Waals surface area (Å²) in [7, 11) is 0. The van der Waals surface area contributed by atoms with Gasteiger partial charge in [-0.1, -0.05) is 29.8 Å². The lowest BCUT2D eigenvalue weighted by atomic mass is 9.47. The highest BCUT2D eigenvalue weighted by Gasteiger charge is 2.63. The summed E-state index contributed by atoms with van der Waals surface area (Å²) in [6.45, 7) is 7.73. The van der Waals surface area contributed by atoms with Gasteiger partial charge in [0.25, 0.3) is 0 Å². The van der Waals surface area contributed by atoms with Gasteiger partial charge in [0.2, 0.25) is 0 Å². The van der Waals surface area contributed by atoms with E-state index in [-0.39, 0.29) is 15.5 Å². The summed E-state index contributed by atoms with van der Waals surface area (Å²) in [5.74, 6) is 0.0944. The minimum atomic E-state index is -0.982. The number of halogens is 2. The first-order valence-electron chi connectivity index (χ1n) is 6.75. The Hall–Kier alpha value is 0.140. The van der Waals surface area contributed by atoms with Gasteiger partial charge in [-0.2, -0.15) is 0 Å². The summed E-state index contributed by atoms with van der Waals surface area (Å²) in [6, 6.07) is 0. The molecule has 0 bridgehead atoms. The number of ketones is 1. The van der Waals surface area contributed by atoms with Crippen LogP contribution in [0.4, 0.5) is 0 Å². The molecule has 1 saturated carbocycles. The maximum atomic E-state index is 12.3. The van der Waals surface area contributed by atoms with Crippen LogP contribution in [-0.4, -0.2) is 26.2 Å². The summed E-state index contributed by atoms with van der Waals surface area (Å²) in [4.78, 5) is 12.1. The Morgan fingerprint density at radius 1 is 1.32 bits per heavy atom. The molecule has 0 radical (unpaired) electrons. The summed E-state index contributed by atoms with van der Waals surface area (Å²) in [5.41, 5.74) is -2.02. The first-order valence-corrected chi connectivity index (χ1v) is 8.05. The molecule has 0 aromatic rings. The van der Waals surface area contributed by atoms with Crippen molar-refractivity contribution in [3.63, 3.8) is 0 Å². The highest BCUT2D eigenvalue weighted by molar-refractivity contribution is 9.09. The fraction of sp³-hybridized carbons (Fsp3) is 0.800. The van der Waals surface area contributed by atoms with E-state index in [9.17, 15) is 9.90 Å². The number of carbonyl (C=O) groups is 1. The first kappa shape index (κ1) is 15.5. The molecule has 19 heavy (non-hydrogen) atoms. The molecule has 0 unspecified atom stereocenters. The van der Waals surface area contributed by atoms with E-state index in [1.807, 2.05) is 27.7 Å². The minimum absolute atomic E-state index is 0.0838. The largest absolute Gasteiger partial charge is 0.385 e. The van der Waals surface area contributed by atoms with Gasteiger partial charge in [0.1, 0.15) is 0 Å². The van der Waals surface area contributed by atoms with Crippen molar-refractivity contribution in [1.29, 1.82) is 0 Å². The summed E-state index contributed by atoms with van der Waals surface area (Å²) < 4.78 is 0. The van der Waals surface area contributed by atoms with Gasteiger partial charge in [-0.15, -0.1) is 11.6 Å².